The molecule has 1 aliphatic rings. The average molecular weight is 511 g/mol. The average Bonchev–Trinajstić information content (AvgIpc) is 3.24. The van der Waals surface area contributed by atoms with E-state index in [1.807, 2.05) is 4.90 Å². The van der Waals surface area contributed by atoms with Crippen molar-refractivity contribution in [3.05, 3.63) is 63.3 Å². The van der Waals surface area contributed by atoms with Gasteiger partial charge >= 0.3 is 5.97 Å². The van der Waals surface area contributed by atoms with E-state index in [0.29, 0.717) is 47.4 Å². The minimum atomic E-state index is -1.40. The van der Waals surface area contributed by atoms with Gasteiger partial charge in [-0.2, -0.15) is 4.39 Å². The number of aromatic nitrogens is 4. The fraction of sp³-hybridized carbons (Fsp3) is 0.217. The predicted molar refractivity (Wildman–Crippen MR) is 130 cm³/mol. The number of hydrogen-bond donors (Lipinski definition) is 2. The highest BCUT2D eigenvalue weighted by Gasteiger charge is 2.34. The van der Waals surface area contributed by atoms with Crippen molar-refractivity contribution in [1.29, 1.82) is 0 Å². The highest BCUT2D eigenvalue weighted by atomic mass is 32.1. The summed E-state index contributed by atoms with van der Waals surface area (Å²) in [7, 11) is 1.53. The number of fused-ring (bicyclic) bond motifs is 1. The van der Waals surface area contributed by atoms with Gasteiger partial charge in [-0.15, -0.1) is 0 Å². The highest BCUT2D eigenvalue weighted by Crippen LogP contribution is 2.29. The zero-order valence-corrected chi connectivity index (χ0v) is 19.9. The molecule has 1 aliphatic heterocycles. The molecule has 1 saturated heterocycles. The van der Waals surface area contributed by atoms with E-state index in [1.54, 1.807) is 25.1 Å². The zero-order valence-electron chi connectivity index (χ0n) is 19.1. The largest absolute Gasteiger partial charge is 0.495 e. The molecule has 0 bridgehead atoms. The predicted octanol–water partition coefficient (Wildman–Crippen LogP) is 2.47. The third-order valence-electron chi connectivity index (χ3n) is 5.84. The summed E-state index contributed by atoms with van der Waals surface area (Å²) in [6, 6.07) is 5.01. The summed E-state index contributed by atoms with van der Waals surface area (Å²) in [5.41, 5.74) is -0.493. The third-order valence-corrected chi connectivity index (χ3v) is 6.63. The van der Waals surface area contributed by atoms with E-state index in [9.17, 15) is 23.9 Å². The van der Waals surface area contributed by atoms with Crippen LogP contribution in [0.15, 0.2) is 41.6 Å². The van der Waals surface area contributed by atoms with Crippen molar-refractivity contribution in [1.82, 2.24) is 19.5 Å². The number of thiazole rings is 1. The Labute approximate surface area is 206 Å². The standard InChI is InChI=1S/C23H19FN6O5S/c1-11-5-17(29-8-12(9-29)21(32)27-16-4-3-13(35-2)6-25-16)28-20-18(11)19(31)14(22(33)34)10-30(20)23-26-7-15(24)36-23/h3-7,10,12H,8-9H2,1-2H3,(H,33,34)(H,25,27,32). The summed E-state index contributed by atoms with van der Waals surface area (Å²) in [4.78, 5) is 51.8. The van der Waals surface area contributed by atoms with Gasteiger partial charge in [-0.05, 0) is 30.7 Å². The van der Waals surface area contributed by atoms with Gasteiger partial charge < -0.3 is 20.1 Å². The van der Waals surface area contributed by atoms with Crippen molar-refractivity contribution < 1.29 is 23.8 Å². The van der Waals surface area contributed by atoms with Crippen LogP contribution in [0.2, 0.25) is 0 Å². The van der Waals surface area contributed by atoms with E-state index in [-0.39, 0.29) is 28.0 Å². The fourth-order valence-electron chi connectivity index (χ4n) is 3.93. The van der Waals surface area contributed by atoms with Crippen LogP contribution in [0.4, 0.5) is 16.0 Å². The Morgan fingerprint density at radius 1 is 1.25 bits per heavy atom. The van der Waals surface area contributed by atoms with Gasteiger partial charge in [0.2, 0.25) is 11.3 Å². The van der Waals surface area contributed by atoms with Crippen molar-refractivity contribution in [2.45, 2.75) is 6.92 Å². The summed E-state index contributed by atoms with van der Waals surface area (Å²) in [5.74, 6) is -0.416. The molecular formula is C23H19FN6O5S. The lowest BCUT2D eigenvalue weighted by Gasteiger charge is -2.39. The van der Waals surface area contributed by atoms with Crippen molar-refractivity contribution in [3.63, 3.8) is 0 Å². The van der Waals surface area contributed by atoms with Crippen LogP contribution >= 0.6 is 11.3 Å². The quantitative estimate of drug-likeness (QED) is 0.400. The molecule has 0 saturated carbocycles. The molecule has 184 valence electrons. The summed E-state index contributed by atoms with van der Waals surface area (Å²) < 4.78 is 20.1. The van der Waals surface area contributed by atoms with Gasteiger partial charge in [0.05, 0.1) is 30.8 Å². The van der Waals surface area contributed by atoms with Crippen LogP contribution in [0.1, 0.15) is 15.9 Å². The number of carbonyl (C=O) groups is 2. The molecule has 2 N–H and O–H groups in total. The van der Waals surface area contributed by atoms with Crippen LogP contribution in [0.25, 0.3) is 16.2 Å². The monoisotopic (exact) mass is 510 g/mol. The van der Waals surface area contributed by atoms with E-state index >= 15 is 0 Å². The number of ether oxygens (including phenoxy) is 1. The topological polar surface area (TPSA) is 140 Å². The number of hydrogen-bond acceptors (Lipinski definition) is 9. The van der Waals surface area contributed by atoms with Crippen LogP contribution in [-0.2, 0) is 4.79 Å². The Morgan fingerprint density at radius 3 is 2.64 bits per heavy atom. The first-order valence-corrected chi connectivity index (χ1v) is 11.5. The molecule has 0 aromatic carbocycles. The number of methoxy groups -OCH3 is 1. The fourth-order valence-corrected chi connectivity index (χ4v) is 4.55. The van der Waals surface area contributed by atoms with Crippen LogP contribution in [-0.4, -0.2) is 56.7 Å². The van der Waals surface area contributed by atoms with Gasteiger partial charge in [-0.25, -0.2) is 19.7 Å². The molecule has 1 amide bonds. The molecule has 1 fully saturated rings. The van der Waals surface area contributed by atoms with Gasteiger partial charge in [0.1, 0.15) is 22.9 Å². The van der Waals surface area contributed by atoms with Crippen molar-refractivity contribution in [3.8, 4) is 10.9 Å². The number of aryl methyl sites for hydroxylation is 1. The molecule has 5 heterocycles. The lowest BCUT2D eigenvalue weighted by atomic mass is 9.98. The number of aromatic carboxylic acids is 1. The number of anilines is 2. The molecule has 0 radical (unpaired) electrons. The van der Waals surface area contributed by atoms with Gasteiger partial charge in [-0.1, -0.05) is 11.3 Å². The minimum absolute atomic E-state index is 0.106. The number of carbonyl (C=O) groups excluding carboxylic acids is 1. The van der Waals surface area contributed by atoms with Crippen LogP contribution in [0, 0.1) is 18.0 Å². The second-order valence-electron chi connectivity index (χ2n) is 8.16. The van der Waals surface area contributed by atoms with Crippen molar-refractivity contribution >= 4 is 45.9 Å². The number of carboxylic acids is 1. The lowest BCUT2D eigenvalue weighted by Crippen LogP contribution is -2.52. The van der Waals surface area contributed by atoms with Gasteiger partial charge in [0, 0.05) is 19.3 Å². The van der Waals surface area contributed by atoms with Gasteiger partial charge in [0.25, 0.3) is 0 Å². The summed E-state index contributed by atoms with van der Waals surface area (Å²) in [6.07, 6.45) is 3.63. The van der Waals surface area contributed by atoms with E-state index in [4.69, 9.17) is 4.74 Å². The van der Waals surface area contributed by atoms with Crippen LogP contribution in [0.3, 0.4) is 0 Å². The van der Waals surface area contributed by atoms with Crippen LogP contribution in [0.5, 0.6) is 5.75 Å². The molecule has 0 atom stereocenters. The van der Waals surface area contributed by atoms with Crippen LogP contribution < -0.4 is 20.4 Å². The number of pyridine rings is 3. The Morgan fingerprint density at radius 2 is 2.03 bits per heavy atom. The second-order valence-corrected chi connectivity index (χ2v) is 9.12. The molecular weight excluding hydrogens is 491 g/mol. The first-order valence-electron chi connectivity index (χ1n) is 10.7. The first kappa shape index (κ1) is 23.4. The zero-order chi connectivity index (χ0) is 25.6. The molecule has 0 unspecified atom stereocenters. The number of nitrogens with zero attached hydrogens (tertiary/aromatic N) is 5. The summed E-state index contributed by atoms with van der Waals surface area (Å²) in [6.45, 7) is 2.43. The maximum atomic E-state index is 13.7. The SMILES string of the molecule is COc1ccc(NC(=O)C2CN(c3cc(C)c4c(=O)c(C(=O)O)cn(-c5ncc(F)s5)c4n3)C2)nc1. The highest BCUT2D eigenvalue weighted by molar-refractivity contribution is 7.12. The molecule has 4 aromatic heterocycles. The summed E-state index contributed by atoms with van der Waals surface area (Å²) >= 11 is 0.699. The smallest absolute Gasteiger partial charge is 0.341 e. The number of amides is 1. The number of nitrogens with one attached hydrogen (secondary N) is 1. The Kier molecular flexibility index (Phi) is 5.84. The number of halogens is 1. The molecule has 0 spiro atoms. The maximum absolute atomic E-state index is 13.7. The molecule has 36 heavy (non-hydrogen) atoms. The number of rotatable bonds is 6. The second kappa shape index (κ2) is 9.00. The molecule has 11 nitrogen and oxygen atoms in total. The third kappa shape index (κ3) is 4.13. The molecule has 5 rings (SSSR count). The Bertz CT molecular complexity index is 1560. The maximum Gasteiger partial charge on any atom is 0.341 e. The Hall–Kier alpha value is -4.39. The minimum Gasteiger partial charge on any atom is -0.495 e. The molecule has 13 heteroatoms. The Balaban J connectivity index is 1.44. The van der Waals surface area contributed by atoms with Gasteiger partial charge in [0.15, 0.2) is 15.9 Å². The van der Waals surface area contributed by atoms with E-state index in [0.717, 1.165) is 12.4 Å². The first-order chi connectivity index (χ1) is 17.2. The van der Waals surface area contributed by atoms with Gasteiger partial charge in [-0.3, -0.25) is 14.2 Å². The molecule has 4 aromatic rings. The van der Waals surface area contributed by atoms with E-state index in [2.05, 4.69) is 20.3 Å². The van der Waals surface area contributed by atoms with E-state index in [1.165, 1.54) is 17.9 Å². The lowest BCUT2D eigenvalue weighted by molar-refractivity contribution is -0.120. The molecule has 0 aliphatic carbocycles. The van der Waals surface area contributed by atoms with Crippen molar-refractivity contribution in [2.75, 3.05) is 30.4 Å². The number of carboxylic acid groups (broad SMARTS) is 1. The normalized spacial score (nSPS) is 13.5. The summed E-state index contributed by atoms with van der Waals surface area (Å²) in [5, 5.41) is 12.0. The van der Waals surface area contributed by atoms with E-state index < -0.39 is 22.1 Å². The van der Waals surface area contributed by atoms with Crippen molar-refractivity contribution in [2.24, 2.45) is 5.92 Å².